The fourth-order valence-electron chi connectivity index (χ4n) is 2.53. The van der Waals surface area contributed by atoms with E-state index in [2.05, 4.69) is 5.32 Å². The largest absolute Gasteiger partial charge is 0.497 e. The van der Waals surface area contributed by atoms with Gasteiger partial charge in [-0.2, -0.15) is 5.26 Å². The topological polar surface area (TPSA) is 91.7 Å². The SMILES string of the molecule is COc1ccc(CNC(=O)[C@H](C)OC(=O)/C(C#N)=C/c2ccc(N(C)C)cc2)cc1. The molecule has 7 nitrogen and oxygen atoms in total. The van der Waals surface area contributed by atoms with Crippen LogP contribution in [-0.2, 0) is 20.9 Å². The number of methoxy groups -OCH3 is 1. The molecule has 2 aromatic rings. The lowest BCUT2D eigenvalue weighted by Crippen LogP contribution is -2.35. The van der Waals surface area contributed by atoms with Crippen molar-refractivity contribution in [3.05, 3.63) is 65.2 Å². The van der Waals surface area contributed by atoms with E-state index in [4.69, 9.17) is 9.47 Å². The number of anilines is 1. The van der Waals surface area contributed by atoms with E-state index in [0.717, 1.165) is 17.0 Å². The standard InChI is InChI=1S/C23H25N3O4/c1-16(22(27)25-15-18-7-11-21(29-4)12-8-18)30-23(28)19(14-24)13-17-5-9-20(10-6-17)26(2)3/h5-13,16H,15H2,1-4H3,(H,25,27)/b19-13+/t16-/m0/s1. The van der Waals surface area contributed by atoms with Gasteiger partial charge in [-0.05, 0) is 48.4 Å². The minimum absolute atomic E-state index is 0.178. The van der Waals surface area contributed by atoms with E-state index in [1.54, 1.807) is 31.4 Å². The minimum atomic E-state index is -1.04. The minimum Gasteiger partial charge on any atom is -0.497 e. The molecule has 0 saturated carbocycles. The lowest BCUT2D eigenvalue weighted by atomic mass is 10.1. The number of esters is 1. The van der Waals surface area contributed by atoms with Crippen LogP contribution in [0.5, 0.6) is 5.75 Å². The molecule has 0 saturated heterocycles. The average Bonchev–Trinajstić information content (AvgIpc) is 2.76. The molecule has 0 aliphatic rings. The van der Waals surface area contributed by atoms with E-state index in [9.17, 15) is 14.9 Å². The summed E-state index contributed by atoms with van der Waals surface area (Å²) in [4.78, 5) is 26.5. The summed E-state index contributed by atoms with van der Waals surface area (Å²) in [6, 6.07) is 16.4. The van der Waals surface area contributed by atoms with Crippen molar-refractivity contribution in [1.82, 2.24) is 5.32 Å². The normalized spacial score (nSPS) is 11.8. The van der Waals surface area contributed by atoms with Crippen LogP contribution < -0.4 is 15.0 Å². The average molecular weight is 407 g/mol. The molecule has 0 spiro atoms. The van der Waals surface area contributed by atoms with Gasteiger partial charge in [0.05, 0.1) is 7.11 Å². The van der Waals surface area contributed by atoms with Crippen LogP contribution in [-0.4, -0.2) is 39.2 Å². The van der Waals surface area contributed by atoms with Gasteiger partial charge >= 0.3 is 5.97 Å². The van der Waals surface area contributed by atoms with E-state index in [1.807, 2.05) is 49.3 Å². The van der Waals surface area contributed by atoms with Crippen molar-refractivity contribution in [2.45, 2.75) is 19.6 Å². The molecule has 1 atom stereocenters. The van der Waals surface area contributed by atoms with Crippen LogP contribution in [0.2, 0.25) is 0 Å². The summed E-state index contributed by atoms with van der Waals surface area (Å²) >= 11 is 0. The van der Waals surface area contributed by atoms with Crippen molar-refractivity contribution in [3.8, 4) is 11.8 Å². The molecular formula is C23H25N3O4. The monoisotopic (exact) mass is 407 g/mol. The van der Waals surface area contributed by atoms with Crippen LogP contribution in [0.25, 0.3) is 6.08 Å². The van der Waals surface area contributed by atoms with E-state index >= 15 is 0 Å². The predicted octanol–water partition coefficient (Wildman–Crippen LogP) is 2.92. The number of ether oxygens (including phenoxy) is 2. The van der Waals surface area contributed by atoms with Gasteiger partial charge in [0.1, 0.15) is 17.4 Å². The van der Waals surface area contributed by atoms with Crippen LogP contribution >= 0.6 is 0 Å². The zero-order valence-electron chi connectivity index (χ0n) is 17.5. The highest BCUT2D eigenvalue weighted by Crippen LogP contribution is 2.15. The summed E-state index contributed by atoms with van der Waals surface area (Å²) in [7, 11) is 5.42. The van der Waals surface area contributed by atoms with E-state index in [0.29, 0.717) is 5.56 Å². The van der Waals surface area contributed by atoms with Crippen molar-refractivity contribution < 1.29 is 19.1 Å². The summed E-state index contributed by atoms with van der Waals surface area (Å²) in [6.07, 6.45) is 0.396. The van der Waals surface area contributed by atoms with Crippen molar-refractivity contribution in [3.63, 3.8) is 0 Å². The third kappa shape index (κ3) is 6.38. The van der Waals surface area contributed by atoms with Gasteiger partial charge in [-0.15, -0.1) is 0 Å². The maximum absolute atomic E-state index is 12.3. The van der Waals surface area contributed by atoms with E-state index in [-0.39, 0.29) is 12.1 Å². The van der Waals surface area contributed by atoms with E-state index in [1.165, 1.54) is 13.0 Å². The molecule has 2 rings (SSSR count). The zero-order chi connectivity index (χ0) is 22.1. The van der Waals surface area contributed by atoms with E-state index < -0.39 is 18.0 Å². The van der Waals surface area contributed by atoms with Crippen LogP contribution in [0.3, 0.4) is 0 Å². The molecule has 0 aliphatic heterocycles. The van der Waals surface area contributed by atoms with Gasteiger partial charge in [-0.1, -0.05) is 24.3 Å². The van der Waals surface area contributed by atoms with Crippen LogP contribution in [0.4, 0.5) is 5.69 Å². The number of carbonyl (C=O) groups is 2. The molecule has 7 heteroatoms. The highest BCUT2D eigenvalue weighted by Gasteiger charge is 2.20. The zero-order valence-corrected chi connectivity index (χ0v) is 17.5. The Morgan fingerprint density at radius 1 is 1.13 bits per heavy atom. The van der Waals surface area contributed by atoms with Crippen LogP contribution in [0.15, 0.2) is 54.1 Å². The number of hydrogen-bond donors (Lipinski definition) is 1. The Labute approximate surface area is 176 Å². The number of hydrogen-bond acceptors (Lipinski definition) is 6. The predicted molar refractivity (Wildman–Crippen MR) is 115 cm³/mol. The fourth-order valence-corrected chi connectivity index (χ4v) is 2.53. The number of benzene rings is 2. The smallest absolute Gasteiger partial charge is 0.349 e. The number of carbonyl (C=O) groups excluding carboxylic acids is 2. The fraction of sp³-hybridized carbons (Fsp3) is 0.261. The maximum Gasteiger partial charge on any atom is 0.349 e. The number of nitriles is 1. The number of nitrogens with zero attached hydrogens (tertiary/aromatic N) is 2. The molecule has 1 N–H and O–H groups in total. The molecule has 156 valence electrons. The first-order valence-electron chi connectivity index (χ1n) is 9.35. The Hall–Kier alpha value is -3.79. The van der Waals surface area contributed by atoms with Gasteiger partial charge < -0.3 is 19.7 Å². The lowest BCUT2D eigenvalue weighted by Gasteiger charge is -2.14. The molecular weight excluding hydrogens is 382 g/mol. The van der Waals surface area contributed by atoms with Gasteiger partial charge in [0, 0.05) is 26.3 Å². The first-order valence-corrected chi connectivity index (χ1v) is 9.35. The molecule has 2 aromatic carbocycles. The molecule has 0 aliphatic carbocycles. The highest BCUT2D eigenvalue weighted by atomic mass is 16.5. The molecule has 1 amide bonds. The van der Waals surface area contributed by atoms with Crippen molar-refractivity contribution in [1.29, 1.82) is 5.26 Å². The Balaban J connectivity index is 1.94. The van der Waals surface area contributed by atoms with Gasteiger partial charge in [0.15, 0.2) is 6.10 Å². The number of rotatable bonds is 8. The molecule has 0 bridgehead atoms. The summed E-state index contributed by atoms with van der Waals surface area (Å²) in [5.41, 5.74) is 2.38. The Kier molecular flexibility index (Phi) is 8.00. The first kappa shape index (κ1) is 22.5. The van der Waals surface area contributed by atoms with Crippen molar-refractivity contribution in [2.24, 2.45) is 0 Å². The third-order valence-corrected chi connectivity index (χ3v) is 4.34. The van der Waals surface area contributed by atoms with Gasteiger partial charge in [-0.3, -0.25) is 4.79 Å². The Morgan fingerprint density at radius 3 is 2.30 bits per heavy atom. The molecule has 0 aromatic heterocycles. The highest BCUT2D eigenvalue weighted by molar-refractivity contribution is 5.99. The molecule has 0 unspecified atom stereocenters. The summed E-state index contributed by atoms with van der Waals surface area (Å²) in [6.45, 7) is 1.74. The van der Waals surface area contributed by atoms with Crippen LogP contribution in [0, 0.1) is 11.3 Å². The number of nitrogens with one attached hydrogen (secondary N) is 1. The summed E-state index contributed by atoms with van der Waals surface area (Å²) in [5.74, 6) is -0.576. The molecule has 0 heterocycles. The second kappa shape index (κ2) is 10.7. The third-order valence-electron chi connectivity index (χ3n) is 4.34. The quantitative estimate of drug-likeness (QED) is 0.411. The van der Waals surface area contributed by atoms with Crippen molar-refractivity contribution in [2.75, 3.05) is 26.1 Å². The maximum atomic E-state index is 12.3. The Morgan fingerprint density at radius 2 is 1.77 bits per heavy atom. The van der Waals surface area contributed by atoms with Gasteiger partial charge in [0.25, 0.3) is 5.91 Å². The van der Waals surface area contributed by atoms with Gasteiger partial charge in [0.2, 0.25) is 0 Å². The van der Waals surface area contributed by atoms with Gasteiger partial charge in [-0.25, -0.2) is 4.79 Å². The summed E-state index contributed by atoms with van der Waals surface area (Å²) < 4.78 is 10.2. The Bertz CT molecular complexity index is 942. The number of amides is 1. The second-order valence-electron chi connectivity index (χ2n) is 6.77. The summed E-state index contributed by atoms with van der Waals surface area (Å²) in [5, 5.41) is 12.0. The molecule has 0 radical (unpaired) electrons. The lowest BCUT2D eigenvalue weighted by molar-refractivity contribution is -0.150. The molecule has 0 fully saturated rings. The van der Waals surface area contributed by atoms with Crippen molar-refractivity contribution >= 4 is 23.6 Å². The second-order valence-corrected chi connectivity index (χ2v) is 6.77. The first-order chi connectivity index (χ1) is 14.3. The van der Waals surface area contributed by atoms with Crippen LogP contribution in [0.1, 0.15) is 18.1 Å². The molecule has 30 heavy (non-hydrogen) atoms.